The lowest BCUT2D eigenvalue weighted by atomic mass is 9.82. The SMILES string of the molecule is Cc1nc(CN(C)CC2CCCCC2)c(-c2ccc(OCCc3ccc(F)cc3)cc2)c(N2CCC(C)(C)CC2)c1CC(=O)O. The lowest BCUT2D eigenvalue weighted by molar-refractivity contribution is -0.136. The van der Waals surface area contributed by atoms with E-state index in [2.05, 4.69) is 42.8 Å². The summed E-state index contributed by atoms with van der Waals surface area (Å²) in [7, 11) is 2.20. The maximum Gasteiger partial charge on any atom is 0.307 e. The summed E-state index contributed by atoms with van der Waals surface area (Å²) in [5.74, 6) is 0.412. The number of aryl methyl sites for hydroxylation is 1. The van der Waals surface area contributed by atoms with E-state index >= 15 is 0 Å². The number of rotatable bonds is 12. The number of ether oxygens (including phenoxy) is 1. The molecular formula is C38H50FN3O3. The monoisotopic (exact) mass is 615 g/mol. The smallest absolute Gasteiger partial charge is 0.307 e. The number of aliphatic carboxylic acids is 1. The van der Waals surface area contributed by atoms with Crippen LogP contribution in [0.4, 0.5) is 10.1 Å². The minimum atomic E-state index is -0.837. The number of carboxylic acid groups (broad SMARTS) is 1. The maximum absolute atomic E-state index is 13.3. The van der Waals surface area contributed by atoms with Gasteiger partial charge in [0, 0.05) is 49.4 Å². The molecule has 0 atom stereocenters. The van der Waals surface area contributed by atoms with Crippen molar-refractivity contribution in [3.63, 3.8) is 0 Å². The number of aromatic nitrogens is 1. The van der Waals surface area contributed by atoms with E-state index in [1.165, 1.54) is 44.2 Å². The van der Waals surface area contributed by atoms with Gasteiger partial charge in [0.1, 0.15) is 11.6 Å². The number of carbonyl (C=O) groups is 1. The molecule has 242 valence electrons. The molecule has 3 aromatic rings. The number of pyridine rings is 1. The van der Waals surface area contributed by atoms with E-state index in [0.29, 0.717) is 19.6 Å². The molecule has 0 spiro atoms. The van der Waals surface area contributed by atoms with Gasteiger partial charge in [0.2, 0.25) is 0 Å². The van der Waals surface area contributed by atoms with Crippen LogP contribution in [0.2, 0.25) is 0 Å². The topological polar surface area (TPSA) is 65.9 Å². The summed E-state index contributed by atoms with van der Waals surface area (Å²) in [6.45, 7) is 10.6. The number of halogens is 1. The molecule has 6 nitrogen and oxygen atoms in total. The number of carboxylic acids is 1. The van der Waals surface area contributed by atoms with Crippen LogP contribution in [0.3, 0.4) is 0 Å². The molecule has 1 saturated heterocycles. The first kappa shape index (κ1) is 32.9. The molecule has 2 aliphatic rings. The summed E-state index contributed by atoms with van der Waals surface area (Å²) in [5, 5.41) is 9.98. The second kappa shape index (κ2) is 14.8. The lowest BCUT2D eigenvalue weighted by Gasteiger charge is -2.40. The summed E-state index contributed by atoms with van der Waals surface area (Å²) in [5.41, 5.74) is 7.03. The van der Waals surface area contributed by atoms with Crippen molar-refractivity contribution in [1.82, 2.24) is 9.88 Å². The zero-order chi connectivity index (χ0) is 32.0. The molecule has 0 amide bonds. The standard InChI is InChI=1S/C38H50FN3O3/c1-27-33(24-35(43)44)37(42-21-19-38(2,3)20-22-42)36(34(40-27)26-41(4)25-29-8-6-5-7-9-29)30-12-16-32(17-13-30)45-23-18-28-10-14-31(39)15-11-28/h10-17,29H,5-9,18-26H2,1-4H3,(H,43,44). The Labute approximate surface area is 268 Å². The van der Waals surface area contributed by atoms with E-state index in [1.807, 2.05) is 19.1 Å². The Kier molecular flexibility index (Phi) is 10.8. The molecule has 1 saturated carbocycles. The summed E-state index contributed by atoms with van der Waals surface area (Å²) < 4.78 is 19.3. The Hall–Kier alpha value is -3.45. The molecule has 1 N–H and O–H groups in total. The molecule has 7 heteroatoms. The molecule has 2 aromatic carbocycles. The van der Waals surface area contributed by atoms with E-state index in [9.17, 15) is 14.3 Å². The molecule has 1 aromatic heterocycles. The highest BCUT2D eigenvalue weighted by atomic mass is 19.1. The summed E-state index contributed by atoms with van der Waals surface area (Å²) in [6, 6.07) is 14.7. The van der Waals surface area contributed by atoms with Crippen LogP contribution < -0.4 is 9.64 Å². The third kappa shape index (κ3) is 8.84. The predicted molar refractivity (Wildman–Crippen MR) is 179 cm³/mol. The molecule has 2 fully saturated rings. The fourth-order valence-corrected chi connectivity index (χ4v) is 7.04. The van der Waals surface area contributed by atoms with Crippen molar-refractivity contribution < 1.29 is 19.0 Å². The number of anilines is 1. The van der Waals surface area contributed by atoms with Crippen LogP contribution in [0, 0.1) is 24.1 Å². The molecule has 1 aliphatic heterocycles. The third-order valence-electron chi connectivity index (χ3n) is 9.74. The number of hydrogen-bond acceptors (Lipinski definition) is 5. The minimum Gasteiger partial charge on any atom is -0.493 e. The van der Waals surface area contributed by atoms with E-state index in [1.54, 1.807) is 12.1 Å². The van der Waals surface area contributed by atoms with Gasteiger partial charge in [-0.3, -0.25) is 9.78 Å². The van der Waals surface area contributed by atoms with E-state index < -0.39 is 5.97 Å². The summed E-state index contributed by atoms with van der Waals surface area (Å²) in [4.78, 5) is 22.1. The van der Waals surface area contributed by atoms with Crippen molar-refractivity contribution in [1.29, 1.82) is 0 Å². The van der Waals surface area contributed by atoms with Crippen LogP contribution in [0.25, 0.3) is 11.1 Å². The van der Waals surface area contributed by atoms with Crippen molar-refractivity contribution in [3.05, 3.63) is 76.9 Å². The van der Waals surface area contributed by atoms with Gasteiger partial charge in [0.25, 0.3) is 0 Å². The first-order valence-electron chi connectivity index (χ1n) is 16.7. The summed E-state index contributed by atoms with van der Waals surface area (Å²) >= 11 is 0. The van der Waals surface area contributed by atoms with E-state index in [-0.39, 0.29) is 17.7 Å². The molecule has 45 heavy (non-hydrogen) atoms. The molecule has 0 radical (unpaired) electrons. The van der Waals surface area contributed by atoms with Crippen molar-refractivity contribution in [2.24, 2.45) is 11.3 Å². The van der Waals surface area contributed by atoms with Crippen LogP contribution in [-0.4, -0.2) is 54.2 Å². The largest absolute Gasteiger partial charge is 0.493 e. The minimum absolute atomic E-state index is 0.0518. The van der Waals surface area contributed by atoms with Gasteiger partial charge in [0.15, 0.2) is 0 Å². The maximum atomic E-state index is 13.3. The number of piperidine rings is 1. The Morgan fingerprint density at radius 2 is 1.71 bits per heavy atom. The molecule has 0 unspecified atom stereocenters. The van der Waals surface area contributed by atoms with Gasteiger partial charge in [-0.1, -0.05) is 57.4 Å². The van der Waals surface area contributed by atoms with Crippen molar-refractivity contribution >= 4 is 11.7 Å². The highest BCUT2D eigenvalue weighted by molar-refractivity contribution is 5.86. The molecular weight excluding hydrogens is 565 g/mol. The highest BCUT2D eigenvalue weighted by Gasteiger charge is 2.31. The fourth-order valence-electron chi connectivity index (χ4n) is 7.04. The quantitative estimate of drug-likeness (QED) is 0.222. The van der Waals surface area contributed by atoms with Crippen molar-refractivity contribution in [2.75, 3.05) is 38.2 Å². The van der Waals surface area contributed by atoms with Crippen LogP contribution in [0.1, 0.15) is 81.3 Å². The fraction of sp³-hybridized carbons (Fsp3) is 0.526. The Morgan fingerprint density at radius 1 is 1.04 bits per heavy atom. The molecule has 1 aliphatic carbocycles. The first-order chi connectivity index (χ1) is 21.6. The van der Waals surface area contributed by atoms with Gasteiger partial charge >= 0.3 is 5.97 Å². The Morgan fingerprint density at radius 3 is 2.36 bits per heavy atom. The van der Waals surface area contributed by atoms with E-state index in [4.69, 9.17) is 9.72 Å². The average Bonchev–Trinajstić information content (AvgIpc) is 3.00. The van der Waals surface area contributed by atoms with Crippen LogP contribution in [-0.2, 0) is 24.2 Å². The lowest BCUT2D eigenvalue weighted by Crippen LogP contribution is -2.38. The second-order valence-electron chi connectivity index (χ2n) is 14.0. The second-order valence-corrected chi connectivity index (χ2v) is 14.0. The number of nitrogens with zero attached hydrogens (tertiary/aromatic N) is 3. The van der Waals surface area contributed by atoms with Gasteiger partial charge in [-0.2, -0.15) is 0 Å². The van der Waals surface area contributed by atoms with Gasteiger partial charge in [-0.05, 0) is 86.4 Å². The molecule has 0 bridgehead atoms. The zero-order valence-corrected chi connectivity index (χ0v) is 27.6. The van der Waals surface area contributed by atoms with Crippen LogP contribution >= 0.6 is 0 Å². The van der Waals surface area contributed by atoms with Crippen LogP contribution in [0.5, 0.6) is 5.75 Å². The van der Waals surface area contributed by atoms with E-state index in [0.717, 1.165) is 83.5 Å². The molecule has 5 rings (SSSR count). The van der Waals surface area contributed by atoms with Gasteiger partial charge in [-0.15, -0.1) is 0 Å². The van der Waals surface area contributed by atoms with Gasteiger partial charge in [0.05, 0.1) is 24.4 Å². The first-order valence-corrected chi connectivity index (χ1v) is 16.7. The Bertz CT molecular complexity index is 1420. The summed E-state index contributed by atoms with van der Waals surface area (Å²) in [6.07, 6.45) is 9.31. The highest BCUT2D eigenvalue weighted by Crippen LogP contribution is 2.42. The molecule has 2 heterocycles. The van der Waals surface area contributed by atoms with Crippen LogP contribution in [0.15, 0.2) is 48.5 Å². The van der Waals surface area contributed by atoms with Gasteiger partial charge in [-0.25, -0.2) is 4.39 Å². The predicted octanol–water partition coefficient (Wildman–Crippen LogP) is 8.08. The normalized spacial score (nSPS) is 17.1. The number of hydrogen-bond donors (Lipinski definition) is 1. The number of benzene rings is 2. The van der Waals surface area contributed by atoms with Crippen molar-refractivity contribution in [2.45, 2.75) is 85.1 Å². The third-order valence-corrected chi connectivity index (χ3v) is 9.74. The zero-order valence-electron chi connectivity index (χ0n) is 27.6. The van der Waals surface area contributed by atoms with Crippen molar-refractivity contribution in [3.8, 4) is 16.9 Å². The Balaban J connectivity index is 1.47. The average molecular weight is 616 g/mol. The van der Waals surface area contributed by atoms with Gasteiger partial charge < -0.3 is 19.6 Å².